The van der Waals surface area contributed by atoms with Crippen LogP contribution in [0.5, 0.6) is 0 Å². The Labute approximate surface area is 364 Å². The van der Waals surface area contributed by atoms with Crippen molar-refractivity contribution in [1.82, 2.24) is 4.90 Å². The van der Waals surface area contributed by atoms with Gasteiger partial charge in [0.1, 0.15) is 29.6 Å². The number of hydrogen-bond acceptors (Lipinski definition) is 10. The number of aryl methyl sites for hydroxylation is 5. The third kappa shape index (κ3) is 24.9. The first kappa shape index (κ1) is 53.7. The predicted octanol–water partition coefficient (Wildman–Crippen LogP) is 12.4. The lowest BCUT2D eigenvalue weighted by Gasteiger charge is -2.20. The fraction of sp³-hybridized carbons (Fsp3) is 0.792. The van der Waals surface area contributed by atoms with Crippen LogP contribution in [0, 0.1) is 20.8 Å². The van der Waals surface area contributed by atoms with Gasteiger partial charge in [-0.05, 0) is 96.1 Å². The molecule has 0 saturated heterocycles. The number of phosphoric acid groups is 1. The molecule has 0 aromatic carbocycles. The maximum Gasteiger partial charge on any atom is 0.472 e. The first-order chi connectivity index (χ1) is 28.8. The molecule has 1 unspecified atom stereocenters. The molecule has 0 radical (unpaired) electrons. The number of hydrogen-bond donors (Lipinski definition) is 1. The molecule has 0 aliphatic heterocycles. The lowest BCUT2D eigenvalue weighted by Crippen LogP contribution is -2.29. The van der Waals surface area contributed by atoms with E-state index < -0.39 is 26.5 Å². The minimum atomic E-state index is -4.39. The summed E-state index contributed by atoms with van der Waals surface area (Å²) >= 11 is 0. The van der Waals surface area contributed by atoms with Crippen LogP contribution in [0.15, 0.2) is 14.9 Å². The van der Waals surface area contributed by atoms with Crippen LogP contribution >= 0.6 is 7.82 Å². The summed E-state index contributed by atoms with van der Waals surface area (Å²) in [5.74, 6) is 3.73. The SMILES string of the molecule is CCCCCc1oc(CCCCCCCCCCC(=O)O[C@H](COC(=O)CCCCCCCCCCc2oc(CCC)cc2C)COP(=O)(O)OCCN(C)C)c(C)c1C. The molecule has 2 aromatic heterocycles. The van der Waals surface area contributed by atoms with Crippen molar-refractivity contribution >= 4 is 19.8 Å². The van der Waals surface area contributed by atoms with E-state index in [-0.39, 0.29) is 32.0 Å². The number of furan rings is 2. The zero-order valence-corrected chi connectivity index (χ0v) is 39.8. The molecular weight excluding hydrogens is 781 g/mol. The van der Waals surface area contributed by atoms with Crippen molar-refractivity contribution in [2.45, 2.75) is 208 Å². The number of esters is 2. The van der Waals surface area contributed by atoms with Gasteiger partial charge < -0.3 is 28.1 Å². The quantitative estimate of drug-likeness (QED) is 0.0392. The average Bonchev–Trinajstić information content (AvgIpc) is 3.69. The number of carbonyl (C=O) groups is 2. The van der Waals surface area contributed by atoms with Gasteiger partial charge in [0.15, 0.2) is 6.10 Å². The molecule has 60 heavy (non-hydrogen) atoms. The fourth-order valence-corrected chi connectivity index (χ4v) is 8.09. The summed E-state index contributed by atoms with van der Waals surface area (Å²) < 4.78 is 45.9. The molecule has 0 fully saturated rings. The van der Waals surface area contributed by atoms with Crippen molar-refractivity contribution in [2.24, 2.45) is 0 Å². The summed E-state index contributed by atoms with van der Waals surface area (Å²) in [7, 11) is -0.743. The molecule has 2 heterocycles. The third-order valence-corrected chi connectivity index (χ3v) is 12.2. The molecule has 12 heteroatoms. The molecule has 0 saturated carbocycles. The summed E-state index contributed by atoms with van der Waals surface area (Å²) in [6.07, 6.45) is 25.2. The third-order valence-electron chi connectivity index (χ3n) is 11.2. The molecular formula is C48H84NO10P. The van der Waals surface area contributed by atoms with Crippen molar-refractivity contribution in [1.29, 1.82) is 0 Å². The number of likely N-dealkylation sites (N-methyl/N-ethyl adjacent to an activating group) is 1. The van der Waals surface area contributed by atoms with Crippen LogP contribution in [0.2, 0.25) is 0 Å². The van der Waals surface area contributed by atoms with E-state index >= 15 is 0 Å². The highest BCUT2D eigenvalue weighted by Crippen LogP contribution is 2.43. The standard InChI is InChI=1S/C48H84NO10P/c1-8-10-23-30-45-40(4)41(5)46(59-45)31-25-20-16-12-14-18-22-27-33-48(51)58-43(38-56-60(52,53)55-35-34-49(6)7)37-54-47(50)32-26-21-17-13-11-15-19-24-29-44-39(3)36-42(57-44)28-9-2/h36,43H,8-35,37-38H2,1-7H3,(H,52,53)/t43-/m1/s1. The van der Waals surface area contributed by atoms with Crippen LogP contribution in [-0.4, -0.2) is 68.3 Å². The topological polar surface area (TPSA) is 138 Å². The van der Waals surface area contributed by atoms with Crippen LogP contribution in [-0.2, 0) is 58.4 Å². The second kappa shape index (κ2) is 32.3. The number of phosphoric ester groups is 1. The Morgan fingerprint density at radius 3 is 1.67 bits per heavy atom. The minimum absolute atomic E-state index is 0.00398. The van der Waals surface area contributed by atoms with Crippen molar-refractivity contribution in [2.75, 3.05) is 40.5 Å². The molecule has 1 N–H and O–H groups in total. The molecule has 2 atom stereocenters. The number of ether oxygens (including phenoxy) is 2. The van der Waals surface area contributed by atoms with Gasteiger partial charge in [-0.15, -0.1) is 0 Å². The lowest BCUT2D eigenvalue weighted by molar-refractivity contribution is -0.161. The fourth-order valence-electron chi connectivity index (χ4n) is 7.34. The zero-order chi connectivity index (χ0) is 44.0. The van der Waals surface area contributed by atoms with Crippen LogP contribution < -0.4 is 0 Å². The molecule has 0 aliphatic carbocycles. The van der Waals surface area contributed by atoms with Crippen molar-refractivity contribution in [3.8, 4) is 0 Å². The smallest absolute Gasteiger partial charge is 0.466 e. The van der Waals surface area contributed by atoms with Crippen LogP contribution in [0.4, 0.5) is 0 Å². The van der Waals surface area contributed by atoms with E-state index in [1.54, 1.807) is 0 Å². The van der Waals surface area contributed by atoms with Gasteiger partial charge in [0.2, 0.25) is 0 Å². The van der Waals surface area contributed by atoms with E-state index in [1.807, 2.05) is 19.0 Å². The van der Waals surface area contributed by atoms with E-state index in [4.69, 9.17) is 27.4 Å². The summed E-state index contributed by atoms with van der Waals surface area (Å²) in [4.78, 5) is 37.3. The van der Waals surface area contributed by atoms with E-state index in [1.165, 1.54) is 80.2 Å². The second-order valence-electron chi connectivity index (χ2n) is 17.1. The summed E-state index contributed by atoms with van der Waals surface area (Å²) in [5, 5.41) is 0. The largest absolute Gasteiger partial charge is 0.472 e. The van der Waals surface area contributed by atoms with Crippen LogP contribution in [0.25, 0.3) is 0 Å². The first-order valence-corrected chi connectivity index (χ1v) is 25.1. The second-order valence-corrected chi connectivity index (χ2v) is 18.5. The highest BCUT2D eigenvalue weighted by molar-refractivity contribution is 7.47. The Kier molecular flexibility index (Phi) is 28.9. The maximum absolute atomic E-state index is 12.8. The van der Waals surface area contributed by atoms with E-state index in [0.717, 1.165) is 101 Å². The Morgan fingerprint density at radius 2 is 1.13 bits per heavy atom. The maximum atomic E-state index is 12.8. The number of nitrogens with zero attached hydrogens (tertiary/aromatic N) is 1. The van der Waals surface area contributed by atoms with Crippen molar-refractivity contribution in [3.05, 3.63) is 45.8 Å². The van der Waals surface area contributed by atoms with Gasteiger partial charge in [-0.25, -0.2) is 4.57 Å². The van der Waals surface area contributed by atoms with Gasteiger partial charge in [0, 0.05) is 45.1 Å². The highest BCUT2D eigenvalue weighted by atomic mass is 31.2. The van der Waals surface area contributed by atoms with Gasteiger partial charge in [0.25, 0.3) is 0 Å². The van der Waals surface area contributed by atoms with Crippen LogP contribution in [0.3, 0.4) is 0 Å². The Balaban J connectivity index is 1.61. The van der Waals surface area contributed by atoms with E-state index in [2.05, 4.69) is 40.7 Å². The van der Waals surface area contributed by atoms with Gasteiger partial charge in [-0.1, -0.05) is 104 Å². The molecule has 0 bridgehead atoms. The molecule has 0 spiro atoms. The Bertz CT molecular complexity index is 1480. The summed E-state index contributed by atoms with van der Waals surface area (Å²) in [6.45, 7) is 10.7. The minimum Gasteiger partial charge on any atom is -0.466 e. The lowest BCUT2D eigenvalue weighted by atomic mass is 10.0. The van der Waals surface area contributed by atoms with Gasteiger partial charge >= 0.3 is 19.8 Å². The van der Waals surface area contributed by atoms with Gasteiger partial charge in [-0.3, -0.25) is 18.6 Å². The summed E-state index contributed by atoms with van der Waals surface area (Å²) in [5.41, 5.74) is 3.92. The normalized spacial score (nSPS) is 13.2. The van der Waals surface area contributed by atoms with Gasteiger partial charge in [0.05, 0.1) is 13.2 Å². The number of carbonyl (C=O) groups excluding carboxylic acids is 2. The number of rotatable bonds is 38. The van der Waals surface area contributed by atoms with E-state index in [0.29, 0.717) is 19.4 Å². The average molecular weight is 866 g/mol. The molecule has 11 nitrogen and oxygen atoms in total. The Morgan fingerprint density at radius 1 is 0.633 bits per heavy atom. The highest BCUT2D eigenvalue weighted by Gasteiger charge is 2.26. The van der Waals surface area contributed by atoms with E-state index in [9.17, 15) is 19.0 Å². The summed E-state index contributed by atoms with van der Waals surface area (Å²) in [6, 6.07) is 2.18. The van der Waals surface area contributed by atoms with Crippen LogP contribution in [0.1, 0.15) is 195 Å². The van der Waals surface area contributed by atoms with Gasteiger partial charge in [-0.2, -0.15) is 0 Å². The predicted molar refractivity (Wildman–Crippen MR) is 240 cm³/mol. The monoisotopic (exact) mass is 866 g/mol. The molecule has 2 aromatic rings. The Hall–Kier alpha value is -2.43. The molecule has 346 valence electrons. The molecule has 0 amide bonds. The first-order valence-electron chi connectivity index (χ1n) is 23.6. The molecule has 2 rings (SSSR count). The zero-order valence-electron chi connectivity index (χ0n) is 38.9. The van der Waals surface area contributed by atoms with Crippen molar-refractivity contribution < 1.29 is 46.4 Å². The van der Waals surface area contributed by atoms with Crippen molar-refractivity contribution in [3.63, 3.8) is 0 Å². The molecule has 0 aliphatic rings. The number of unbranched alkanes of at least 4 members (excludes halogenated alkanes) is 16.